The molecule has 1 aromatic heterocycles. The summed E-state index contributed by atoms with van der Waals surface area (Å²) in [6, 6.07) is 6.42. The molecule has 1 aromatic carbocycles. The Bertz CT molecular complexity index is 847. The Hall–Kier alpha value is -2.36. The second-order valence-electron chi connectivity index (χ2n) is 7.22. The van der Waals surface area contributed by atoms with Crippen LogP contribution in [0.5, 0.6) is 0 Å². The van der Waals surface area contributed by atoms with Gasteiger partial charge in [-0.2, -0.15) is 5.10 Å². The van der Waals surface area contributed by atoms with E-state index >= 15 is 0 Å². The molecule has 1 heterocycles. The number of hydrogen-bond donors (Lipinski definition) is 1. The zero-order valence-corrected chi connectivity index (χ0v) is 15.0. The number of amides is 1. The van der Waals surface area contributed by atoms with Crippen molar-refractivity contribution >= 4 is 5.91 Å². The van der Waals surface area contributed by atoms with Gasteiger partial charge >= 0.3 is 0 Å². The summed E-state index contributed by atoms with van der Waals surface area (Å²) in [6.07, 6.45) is 10.2. The highest BCUT2D eigenvalue weighted by Gasteiger charge is 2.27. The third-order valence-corrected chi connectivity index (χ3v) is 5.63. The van der Waals surface area contributed by atoms with Crippen LogP contribution in [0.15, 0.2) is 36.0 Å². The zero-order valence-electron chi connectivity index (χ0n) is 15.0. The Labute approximate surface area is 148 Å². The first-order valence-electron chi connectivity index (χ1n) is 9.28. The number of nitrogens with one attached hydrogen (secondary N) is 1. The quantitative estimate of drug-likeness (QED) is 0.918. The summed E-state index contributed by atoms with van der Waals surface area (Å²) in [7, 11) is 0. The third kappa shape index (κ3) is 2.90. The fraction of sp³-hybridized carbons (Fsp3) is 0.429. The average molecular weight is 335 g/mol. The van der Waals surface area contributed by atoms with E-state index in [1.165, 1.54) is 22.4 Å². The zero-order chi connectivity index (χ0) is 17.4. The summed E-state index contributed by atoms with van der Waals surface area (Å²) in [5, 5.41) is 7.92. The Morgan fingerprint density at radius 2 is 2.12 bits per heavy atom. The van der Waals surface area contributed by atoms with Crippen molar-refractivity contribution in [1.29, 1.82) is 0 Å². The Morgan fingerprint density at radius 1 is 1.24 bits per heavy atom. The lowest BCUT2D eigenvalue weighted by atomic mass is 9.92. The first-order chi connectivity index (χ1) is 12.1. The lowest BCUT2D eigenvalue weighted by Gasteiger charge is -2.25. The number of fused-ring (bicyclic) bond motifs is 1. The first kappa shape index (κ1) is 16.1. The van der Waals surface area contributed by atoms with E-state index in [4.69, 9.17) is 0 Å². The van der Waals surface area contributed by atoms with Crippen LogP contribution in [0.25, 0.3) is 5.69 Å². The largest absolute Gasteiger partial charge is 0.345 e. The van der Waals surface area contributed by atoms with Gasteiger partial charge < -0.3 is 5.32 Å². The van der Waals surface area contributed by atoms with Gasteiger partial charge in [0, 0.05) is 16.8 Å². The fourth-order valence-electron chi connectivity index (χ4n) is 4.01. The van der Waals surface area contributed by atoms with Crippen molar-refractivity contribution in [3.05, 3.63) is 58.4 Å². The molecule has 1 atom stereocenters. The molecule has 0 aliphatic heterocycles. The van der Waals surface area contributed by atoms with Gasteiger partial charge in [0.25, 0.3) is 0 Å². The van der Waals surface area contributed by atoms with Crippen LogP contribution in [0.3, 0.4) is 0 Å². The molecule has 0 unspecified atom stereocenters. The molecule has 0 spiro atoms. The monoisotopic (exact) mass is 335 g/mol. The first-order valence-corrected chi connectivity index (χ1v) is 9.28. The normalized spacial score (nSPS) is 19.4. The SMILES string of the molecule is Cc1cccc(-n2ncc3c2CCC[C@@H]3NC(=O)C2=CCCC2)c1C. The van der Waals surface area contributed by atoms with Crippen LogP contribution < -0.4 is 5.32 Å². The molecule has 4 rings (SSSR count). The van der Waals surface area contributed by atoms with Crippen LogP contribution in [0.4, 0.5) is 0 Å². The molecule has 1 N–H and O–H groups in total. The van der Waals surface area contributed by atoms with Gasteiger partial charge in [0.15, 0.2) is 0 Å². The summed E-state index contributed by atoms with van der Waals surface area (Å²) >= 11 is 0. The summed E-state index contributed by atoms with van der Waals surface area (Å²) in [5.74, 6) is 0.106. The molecule has 0 radical (unpaired) electrons. The lowest BCUT2D eigenvalue weighted by molar-refractivity contribution is -0.118. The van der Waals surface area contributed by atoms with Gasteiger partial charge in [0.2, 0.25) is 5.91 Å². The van der Waals surface area contributed by atoms with Gasteiger partial charge in [-0.05, 0) is 69.6 Å². The number of aryl methyl sites for hydroxylation is 1. The van der Waals surface area contributed by atoms with Gasteiger partial charge in [-0.3, -0.25) is 4.79 Å². The molecule has 130 valence electrons. The summed E-state index contributed by atoms with van der Waals surface area (Å²) in [5.41, 5.74) is 7.05. The number of carbonyl (C=O) groups excluding carboxylic acids is 1. The van der Waals surface area contributed by atoms with Crippen molar-refractivity contribution in [2.75, 3.05) is 0 Å². The molecular weight excluding hydrogens is 310 g/mol. The molecule has 2 aromatic rings. The molecule has 4 heteroatoms. The van der Waals surface area contributed by atoms with E-state index in [0.717, 1.165) is 49.8 Å². The predicted molar refractivity (Wildman–Crippen MR) is 98.8 cm³/mol. The highest BCUT2D eigenvalue weighted by Crippen LogP contribution is 2.32. The van der Waals surface area contributed by atoms with Crippen LogP contribution in [0.1, 0.15) is 60.5 Å². The fourth-order valence-corrected chi connectivity index (χ4v) is 4.01. The highest BCUT2D eigenvalue weighted by atomic mass is 16.1. The number of benzene rings is 1. The number of aromatic nitrogens is 2. The molecule has 25 heavy (non-hydrogen) atoms. The summed E-state index contributed by atoms with van der Waals surface area (Å²) in [6.45, 7) is 4.28. The number of nitrogens with zero attached hydrogens (tertiary/aromatic N) is 2. The maximum absolute atomic E-state index is 12.5. The van der Waals surface area contributed by atoms with E-state index in [9.17, 15) is 4.79 Å². The molecule has 0 saturated heterocycles. The Balaban J connectivity index is 1.64. The summed E-state index contributed by atoms with van der Waals surface area (Å²) < 4.78 is 2.07. The van der Waals surface area contributed by atoms with Crippen molar-refractivity contribution in [2.45, 2.75) is 58.4 Å². The van der Waals surface area contributed by atoms with Crippen molar-refractivity contribution in [3.8, 4) is 5.69 Å². The molecular formula is C21H25N3O. The van der Waals surface area contributed by atoms with Crippen LogP contribution in [-0.4, -0.2) is 15.7 Å². The van der Waals surface area contributed by atoms with E-state index in [0.29, 0.717) is 0 Å². The van der Waals surface area contributed by atoms with E-state index < -0.39 is 0 Å². The van der Waals surface area contributed by atoms with E-state index in [-0.39, 0.29) is 11.9 Å². The smallest absolute Gasteiger partial charge is 0.247 e. The topological polar surface area (TPSA) is 46.9 Å². The number of hydrogen-bond acceptors (Lipinski definition) is 2. The van der Waals surface area contributed by atoms with Crippen molar-refractivity contribution < 1.29 is 4.79 Å². The van der Waals surface area contributed by atoms with Crippen LogP contribution in [0, 0.1) is 13.8 Å². The van der Waals surface area contributed by atoms with Gasteiger partial charge in [-0.25, -0.2) is 4.68 Å². The molecule has 0 saturated carbocycles. The van der Waals surface area contributed by atoms with E-state index in [1.54, 1.807) is 0 Å². The minimum atomic E-state index is 0.0802. The van der Waals surface area contributed by atoms with E-state index in [1.807, 2.05) is 6.20 Å². The summed E-state index contributed by atoms with van der Waals surface area (Å²) in [4.78, 5) is 12.5. The van der Waals surface area contributed by atoms with Crippen LogP contribution in [-0.2, 0) is 11.2 Å². The maximum atomic E-state index is 12.5. The molecule has 1 amide bonds. The highest BCUT2D eigenvalue weighted by molar-refractivity contribution is 5.94. The predicted octanol–water partition coefficient (Wildman–Crippen LogP) is 4.09. The van der Waals surface area contributed by atoms with Gasteiger partial charge in [0.1, 0.15) is 0 Å². The van der Waals surface area contributed by atoms with Crippen molar-refractivity contribution in [3.63, 3.8) is 0 Å². The number of carbonyl (C=O) groups is 1. The average Bonchev–Trinajstić information content (AvgIpc) is 3.27. The van der Waals surface area contributed by atoms with Gasteiger partial charge in [-0.15, -0.1) is 0 Å². The molecule has 0 fully saturated rings. The van der Waals surface area contributed by atoms with Crippen LogP contribution >= 0.6 is 0 Å². The molecule has 0 bridgehead atoms. The van der Waals surface area contributed by atoms with Gasteiger partial charge in [0.05, 0.1) is 17.9 Å². The number of rotatable bonds is 3. The molecule has 2 aliphatic carbocycles. The standard InChI is InChI=1S/C21H25N3O/c1-14-7-5-11-19(15(14)2)24-20-12-6-10-18(17(20)13-22-24)23-21(25)16-8-3-4-9-16/h5,7-8,11,13,18H,3-4,6,9-10,12H2,1-2H3,(H,23,25)/t18-/m0/s1. The van der Waals surface area contributed by atoms with Crippen molar-refractivity contribution in [2.24, 2.45) is 0 Å². The van der Waals surface area contributed by atoms with Gasteiger partial charge in [-0.1, -0.05) is 18.2 Å². The minimum absolute atomic E-state index is 0.0802. The third-order valence-electron chi connectivity index (χ3n) is 5.63. The lowest BCUT2D eigenvalue weighted by Crippen LogP contribution is -2.31. The molecule has 2 aliphatic rings. The Kier molecular flexibility index (Phi) is 4.20. The molecule has 4 nitrogen and oxygen atoms in total. The van der Waals surface area contributed by atoms with E-state index in [2.05, 4.69) is 53.2 Å². The second kappa shape index (κ2) is 6.51. The minimum Gasteiger partial charge on any atom is -0.345 e. The Morgan fingerprint density at radius 3 is 2.92 bits per heavy atom. The van der Waals surface area contributed by atoms with Crippen molar-refractivity contribution in [1.82, 2.24) is 15.1 Å². The van der Waals surface area contributed by atoms with Crippen LogP contribution in [0.2, 0.25) is 0 Å². The maximum Gasteiger partial charge on any atom is 0.247 e. The second-order valence-corrected chi connectivity index (χ2v) is 7.22. The number of allylic oxidation sites excluding steroid dienone is 1.